The van der Waals surface area contributed by atoms with Crippen LogP contribution < -0.4 is 14.8 Å². The summed E-state index contributed by atoms with van der Waals surface area (Å²) in [6.07, 6.45) is 0. The minimum atomic E-state index is -0.0917. The second kappa shape index (κ2) is 10.1. The minimum Gasteiger partial charge on any atom is -0.497 e. The van der Waals surface area contributed by atoms with Gasteiger partial charge in [-0.15, -0.1) is 0 Å². The Balaban J connectivity index is 1.61. The van der Waals surface area contributed by atoms with Gasteiger partial charge in [-0.25, -0.2) is 9.97 Å². The van der Waals surface area contributed by atoms with E-state index in [1.807, 2.05) is 68.4 Å². The maximum atomic E-state index is 12.4. The van der Waals surface area contributed by atoms with E-state index in [-0.39, 0.29) is 17.7 Å². The predicted molar refractivity (Wildman–Crippen MR) is 119 cm³/mol. The summed E-state index contributed by atoms with van der Waals surface area (Å²) >= 11 is 1.39. The number of ether oxygens (including phenoxy) is 2. The zero-order chi connectivity index (χ0) is 21.5. The number of methoxy groups -OCH3 is 2. The van der Waals surface area contributed by atoms with Crippen molar-refractivity contribution < 1.29 is 14.3 Å². The van der Waals surface area contributed by atoms with Gasteiger partial charge in [0.2, 0.25) is 5.91 Å². The van der Waals surface area contributed by atoms with E-state index in [9.17, 15) is 4.79 Å². The number of carbonyl (C=O) groups excluding carboxylic acids is 1. The smallest absolute Gasteiger partial charge is 0.230 e. The summed E-state index contributed by atoms with van der Waals surface area (Å²) in [5.41, 5.74) is 2.78. The number of aromatic nitrogens is 2. The van der Waals surface area contributed by atoms with Crippen molar-refractivity contribution in [3.8, 4) is 22.9 Å². The van der Waals surface area contributed by atoms with Crippen molar-refractivity contribution in [1.82, 2.24) is 15.3 Å². The fourth-order valence-corrected chi connectivity index (χ4v) is 3.65. The summed E-state index contributed by atoms with van der Waals surface area (Å²) in [6.45, 7) is 3.88. The first kappa shape index (κ1) is 21.6. The number of nitrogens with one attached hydrogen (secondary N) is 1. The molecule has 0 bridgehead atoms. The molecule has 0 saturated carbocycles. The van der Waals surface area contributed by atoms with E-state index in [1.165, 1.54) is 11.8 Å². The molecule has 0 aliphatic heterocycles. The third-order valence-corrected chi connectivity index (χ3v) is 5.43. The third kappa shape index (κ3) is 5.73. The second-order valence-electron chi connectivity index (χ2n) is 6.75. The van der Waals surface area contributed by atoms with Gasteiger partial charge in [0.25, 0.3) is 0 Å². The maximum absolute atomic E-state index is 12.4. The highest BCUT2D eigenvalue weighted by Gasteiger charge is 2.12. The van der Waals surface area contributed by atoms with E-state index in [1.54, 1.807) is 14.2 Å². The highest BCUT2D eigenvalue weighted by molar-refractivity contribution is 7.99. The van der Waals surface area contributed by atoms with Gasteiger partial charge < -0.3 is 14.8 Å². The summed E-state index contributed by atoms with van der Waals surface area (Å²) in [4.78, 5) is 21.5. The third-order valence-electron chi connectivity index (χ3n) is 4.52. The lowest BCUT2D eigenvalue weighted by atomic mass is 10.1. The molecule has 30 heavy (non-hydrogen) atoms. The van der Waals surface area contributed by atoms with E-state index in [2.05, 4.69) is 15.3 Å². The van der Waals surface area contributed by atoms with Crippen molar-refractivity contribution in [2.24, 2.45) is 0 Å². The van der Waals surface area contributed by atoms with Crippen molar-refractivity contribution in [2.75, 3.05) is 20.0 Å². The predicted octanol–water partition coefficient (Wildman–Crippen LogP) is 4.44. The Morgan fingerprint density at radius 3 is 2.20 bits per heavy atom. The van der Waals surface area contributed by atoms with Crippen molar-refractivity contribution >= 4 is 17.7 Å². The van der Waals surface area contributed by atoms with Crippen molar-refractivity contribution in [3.63, 3.8) is 0 Å². The molecule has 156 valence electrons. The van der Waals surface area contributed by atoms with Crippen LogP contribution in [0.4, 0.5) is 0 Å². The largest absolute Gasteiger partial charge is 0.497 e. The first-order valence-corrected chi connectivity index (χ1v) is 10.5. The minimum absolute atomic E-state index is 0.0504. The van der Waals surface area contributed by atoms with Gasteiger partial charge in [-0.3, -0.25) is 4.79 Å². The lowest BCUT2D eigenvalue weighted by Crippen LogP contribution is -2.28. The van der Waals surface area contributed by atoms with Crippen LogP contribution in [0, 0.1) is 6.92 Å². The Morgan fingerprint density at radius 1 is 1.00 bits per heavy atom. The monoisotopic (exact) mass is 423 g/mol. The van der Waals surface area contributed by atoms with Gasteiger partial charge >= 0.3 is 0 Å². The topological polar surface area (TPSA) is 73.3 Å². The first-order valence-electron chi connectivity index (χ1n) is 9.54. The van der Waals surface area contributed by atoms with Gasteiger partial charge in [-0.05, 0) is 61.9 Å². The molecule has 6 nitrogen and oxygen atoms in total. The maximum Gasteiger partial charge on any atom is 0.230 e. The van der Waals surface area contributed by atoms with E-state index in [0.29, 0.717) is 5.82 Å². The average molecular weight is 424 g/mol. The van der Waals surface area contributed by atoms with Gasteiger partial charge in [0, 0.05) is 11.3 Å². The number of aryl methyl sites for hydroxylation is 1. The molecule has 0 radical (unpaired) electrons. The molecule has 1 atom stereocenters. The molecule has 0 aliphatic rings. The highest BCUT2D eigenvalue weighted by Crippen LogP contribution is 2.24. The molecule has 1 unspecified atom stereocenters. The standard InChI is InChI=1S/C23H25N3O3S/c1-15-13-22(26-23(24-15)18-7-11-20(29-4)12-8-18)30-14-21(27)25-16(2)17-5-9-19(28-3)10-6-17/h5-13,16H,14H2,1-4H3,(H,25,27). The summed E-state index contributed by atoms with van der Waals surface area (Å²) in [5.74, 6) is 2.43. The van der Waals surface area contributed by atoms with Crippen LogP contribution in [0.2, 0.25) is 0 Å². The van der Waals surface area contributed by atoms with Crippen LogP contribution in [0.3, 0.4) is 0 Å². The number of rotatable bonds is 8. The zero-order valence-corrected chi connectivity index (χ0v) is 18.3. The van der Waals surface area contributed by atoms with Crippen LogP contribution in [0.25, 0.3) is 11.4 Å². The summed E-state index contributed by atoms with van der Waals surface area (Å²) < 4.78 is 10.4. The normalized spacial score (nSPS) is 11.6. The molecule has 2 aromatic carbocycles. The number of nitrogens with zero attached hydrogens (tertiary/aromatic N) is 2. The molecule has 0 spiro atoms. The quantitative estimate of drug-likeness (QED) is 0.427. The van der Waals surface area contributed by atoms with Crippen LogP contribution in [-0.4, -0.2) is 35.8 Å². The van der Waals surface area contributed by atoms with Crippen molar-refractivity contribution in [1.29, 1.82) is 0 Å². The van der Waals surface area contributed by atoms with Crippen LogP contribution in [0.15, 0.2) is 59.6 Å². The molecular weight excluding hydrogens is 398 g/mol. The van der Waals surface area contributed by atoms with Gasteiger partial charge in [-0.1, -0.05) is 23.9 Å². The second-order valence-corrected chi connectivity index (χ2v) is 7.75. The number of hydrogen-bond acceptors (Lipinski definition) is 6. The van der Waals surface area contributed by atoms with Crippen molar-refractivity contribution in [3.05, 3.63) is 65.9 Å². The molecule has 1 aromatic heterocycles. The number of benzene rings is 2. The van der Waals surface area contributed by atoms with Crippen LogP contribution in [-0.2, 0) is 4.79 Å². The highest BCUT2D eigenvalue weighted by atomic mass is 32.2. The Hall–Kier alpha value is -3.06. The molecule has 7 heteroatoms. The lowest BCUT2D eigenvalue weighted by molar-refractivity contribution is -0.119. The van der Waals surface area contributed by atoms with Gasteiger partial charge in [-0.2, -0.15) is 0 Å². The fourth-order valence-electron chi connectivity index (χ4n) is 2.88. The Bertz CT molecular complexity index is 992. The summed E-state index contributed by atoms with van der Waals surface area (Å²) in [6, 6.07) is 17.1. The number of hydrogen-bond donors (Lipinski definition) is 1. The molecule has 3 aromatic rings. The van der Waals surface area contributed by atoms with Crippen LogP contribution >= 0.6 is 11.8 Å². The number of carbonyl (C=O) groups is 1. The van der Waals surface area contributed by atoms with E-state index >= 15 is 0 Å². The molecule has 3 rings (SSSR count). The van der Waals surface area contributed by atoms with Gasteiger partial charge in [0.15, 0.2) is 5.82 Å². The average Bonchev–Trinajstić information content (AvgIpc) is 2.77. The number of thioether (sulfide) groups is 1. The van der Waals surface area contributed by atoms with Crippen LogP contribution in [0.1, 0.15) is 24.2 Å². The molecule has 1 amide bonds. The fraction of sp³-hybridized carbons (Fsp3) is 0.261. The van der Waals surface area contributed by atoms with Gasteiger partial charge in [0.1, 0.15) is 16.5 Å². The molecule has 1 N–H and O–H groups in total. The van der Waals surface area contributed by atoms with Gasteiger partial charge in [0.05, 0.1) is 26.0 Å². The van der Waals surface area contributed by atoms with Crippen LogP contribution in [0.5, 0.6) is 11.5 Å². The number of amides is 1. The zero-order valence-electron chi connectivity index (χ0n) is 17.5. The van der Waals surface area contributed by atoms with E-state index in [4.69, 9.17) is 9.47 Å². The van der Waals surface area contributed by atoms with E-state index in [0.717, 1.165) is 33.3 Å². The SMILES string of the molecule is COc1ccc(-c2nc(C)cc(SCC(=O)NC(C)c3ccc(OC)cc3)n2)cc1. The Kier molecular flexibility index (Phi) is 7.30. The Morgan fingerprint density at radius 2 is 1.60 bits per heavy atom. The molecule has 0 saturated heterocycles. The molecule has 0 aliphatic carbocycles. The Labute approximate surface area is 181 Å². The summed E-state index contributed by atoms with van der Waals surface area (Å²) in [5, 5.41) is 3.78. The van der Waals surface area contributed by atoms with E-state index < -0.39 is 0 Å². The van der Waals surface area contributed by atoms with Crippen molar-refractivity contribution in [2.45, 2.75) is 24.9 Å². The lowest BCUT2D eigenvalue weighted by Gasteiger charge is -2.14. The molecular formula is C23H25N3O3S. The first-order chi connectivity index (χ1) is 14.5. The summed E-state index contributed by atoms with van der Waals surface area (Å²) in [7, 11) is 3.26. The molecule has 1 heterocycles. The molecule has 0 fully saturated rings.